The number of carboxylic acid groups (broad SMARTS) is 1. The molecule has 0 aliphatic rings. The molecule has 0 atom stereocenters. The second-order valence-electron chi connectivity index (χ2n) is 5.20. The lowest BCUT2D eigenvalue weighted by molar-refractivity contribution is 0.0691. The van der Waals surface area contributed by atoms with Crippen molar-refractivity contribution in [2.75, 3.05) is 7.11 Å². The third kappa shape index (κ3) is 2.68. The average molecular weight is 313 g/mol. The van der Waals surface area contributed by atoms with Crippen LogP contribution in [0.3, 0.4) is 0 Å². The minimum atomic E-state index is -1.13. The van der Waals surface area contributed by atoms with Gasteiger partial charge in [-0.15, -0.1) is 0 Å². The molecule has 0 amide bonds. The highest BCUT2D eigenvalue weighted by molar-refractivity contribution is 6.01. The predicted molar refractivity (Wildman–Crippen MR) is 84.1 cm³/mol. The van der Waals surface area contributed by atoms with Crippen molar-refractivity contribution in [1.82, 2.24) is 14.8 Å². The summed E-state index contributed by atoms with van der Waals surface area (Å²) in [5, 5.41) is 13.9. The van der Waals surface area contributed by atoms with E-state index in [0.717, 1.165) is 11.3 Å². The fourth-order valence-electron chi connectivity index (χ4n) is 2.55. The molecule has 1 aromatic carbocycles. The number of carboxylic acids is 1. The lowest BCUT2D eigenvalue weighted by Gasteiger charge is -2.05. The number of methoxy groups -OCH3 is 1. The number of carbonyl (C=O) groups is 1. The van der Waals surface area contributed by atoms with Gasteiger partial charge in [-0.3, -0.25) is 4.79 Å². The highest BCUT2D eigenvalue weighted by Gasteiger charge is 2.19. The van der Waals surface area contributed by atoms with Gasteiger partial charge in [0, 0.05) is 6.07 Å². The van der Waals surface area contributed by atoms with Gasteiger partial charge in [-0.25, -0.2) is 9.48 Å². The Morgan fingerprint density at radius 2 is 2.04 bits per heavy atom. The van der Waals surface area contributed by atoms with Gasteiger partial charge in [0.2, 0.25) is 5.56 Å². The zero-order chi connectivity index (χ0) is 16.6. The maximum absolute atomic E-state index is 11.7. The van der Waals surface area contributed by atoms with Crippen LogP contribution in [0, 0.1) is 6.92 Å². The van der Waals surface area contributed by atoms with E-state index in [-0.39, 0.29) is 11.3 Å². The third-order valence-electron chi connectivity index (χ3n) is 3.63. The molecular weight excluding hydrogens is 298 g/mol. The standard InChI is InChI=1S/C16H15N3O4/c1-9-7-12(20)17-15-13(9)14(16(21)22)18-19(15)8-10-3-5-11(23-2)6-4-10/h3-7H,8H2,1-2H3,(H,17,20)(H,21,22). The number of ether oxygens (including phenoxy) is 1. The summed E-state index contributed by atoms with van der Waals surface area (Å²) in [6, 6.07) is 8.72. The van der Waals surface area contributed by atoms with Gasteiger partial charge in [-0.05, 0) is 30.2 Å². The molecule has 0 saturated carbocycles. The molecule has 3 rings (SSSR count). The van der Waals surface area contributed by atoms with Gasteiger partial charge in [0.05, 0.1) is 19.0 Å². The van der Waals surface area contributed by atoms with Gasteiger partial charge in [-0.2, -0.15) is 5.10 Å². The molecule has 0 saturated heterocycles. The van der Waals surface area contributed by atoms with Crippen molar-refractivity contribution in [1.29, 1.82) is 0 Å². The zero-order valence-corrected chi connectivity index (χ0v) is 12.7. The molecular formula is C16H15N3O4. The molecule has 118 valence electrons. The van der Waals surface area contributed by atoms with E-state index >= 15 is 0 Å². The normalized spacial score (nSPS) is 10.9. The fourth-order valence-corrected chi connectivity index (χ4v) is 2.55. The number of pyridine rings is 1. The second-order valence-corrected chi connectivity index (χ2v) is 5.20. The fraction of sp³-hybridized carbons (Fsp3) is 0.188. The first-order chi connectivity index (χ1) is 11.0. The summed E-state index contributed by atoms with van der Waals surface area (Å²) >= 11 is 0. The Labute approximate surface area is 131 Å². The lowest BCUT2D eigenvalue weighted by atomic mass is 10.1. The van der Waals surface area contributed by atoms with Crippen molar-refractivity contribution in [3.63, 3.8) is 0 Å². The van der Waals surface area contributed by atoms with Crippen molar-refractivity contribution in [2.24, 2.45) is 0 Å². The number of nitrogens with zero attached hydrogens (tertiary/aromatic N) is 2. The van der Waals surface area contributed by atoms with Crippen LogP contribution in [0.1, 0.15) is 21.6 Å². The molecule has 2 heterocycles. The Balaban J connectivity index is 2.13. The summed E-state index contributed by atoms with van der Waals surface area (Å²) in [7, 11) is 1.59. The predicted octanol–water partition coefficient (Wildman–Crippen LogP) is 1.79. The number of hydrogen-bond acceptors (Lipinski definition) is 4. The molecule has 0 fully saturated rings. The first-order valence-corrected chi connectivity index (χ1v) is 6.96. The number of nitrogens with one attached hydrogen (secondary N) is 1. The van der Waals surface area contributed by atoms with E-state index in [1.54, 1.807) is 14.0 Å². The third-order valence-corrected chi connectivity index (χ3v) is 3.63. The van der Waals surface area contributed by atoms with Crippen LogP contribution in [0.15, 0.2) is 35.1 Å². The summed E-state index contributed by atoms with van der Waals surface area (Å²) in [6.07, 6.45) is 0. The Hall–Kier alpha value is -3.09. The molecule has 7 heteroatoms. The van der Waals surface area contributed by atoms with Gasteiger partial charge < -0.3 is 14.8 Å². The van der Waals surface area contributed by atoms with Crippen LogP contribution in [0.25, 0.3) is 11.0 Å². The largest absolute Gasteiger partial charge is 0.497 e. The summed E-state index contributed by atoms with van der Waals surface area (Å²) in [5.74, 6) is -0.395. The molecule has 7 nitrogen and oxygen atoms in total. The maximum Gasteiger partial charge on any atom is 0.357 e. The number of benzene rings is 1. The van der Waals surface area contributed by atoms with E-state index in [9.17, 15) is 14.7 Å². The van der Waals surface area contributed by atoms with Crippen molar-refractivity contribution >= 4 is 17.0 Å². The van der Waals surface area contributed by atoms with E-state index in [4.69, 9.17) is 4.74 Å². The molecule has 2 N–H and O–H groups in total. The monoisotopic (exact) mass is 313 g/mol. The number of aromatic carboxylic acids is 1. The molecule has 0 radical (unpaired) electrons. The van der Waals surface area contributed by atoms with Crippen LogP contribution in [0.4, 0.5) is 0 Å². The Morgan fingerprint density at radius 3 is 2.65 bits per heavy atom. The Kier molecular flexibility index (Phi) is 3.61. The number of aryl methyl sites for hydroxylation is 1. The van der Waals surface area contributed by atoms with E-state index in [1.807, 2.05) is 24.3 Å². The number of H-pyrrole nitrogens is 1. The minimum absolute atomic E-state index is 0.0674. The summed E-state index contributed by atoms with van der Waals surface area (Å²) in [5.41, 5.74) is 1.55. The van der Waals surface area contributed by atoms with Crippen LogP contribution >= 0.6 is 0 Å². The quantitative estimate of drug-likeness (QED) is 0.765. The first-order valence-electron chi connectivity index (χ1n) is 6.96. The Bertz CT molecular complexity index is 938. The number of fused-ring (bicyclic) bond motifs is 1. The van der Waals surface area contributed by atoms with Crippen molar-refractivity contribution in [2.45, 2.75) is 13.5 Å². The highest BCUT2D eigenvalue weighted by atomic mass is 16.5. The van der Waals surface area contributed by atoms with Crippen LogP contribution in [-0.2, 0) is 6.54 Å². The van der Waals surface area contributed by atoms with Gasteiger partial charge in [0.1, 0.15) is 11.4 Å². The molecule has 0 aliphatic carbocycles. The zero-order valence-electron chi connectivity index (χ0n) is 12.7. The summed E-state index contributed by atoms with van der Waals surface area (Å²) in [6.45, 7) is 2.04. The molecule has 0 unspecified atom stereocenters. The number of hydrogen-bond donors (Lipinski definition) is 2. The van der Waals surface area contributed by atoms with Crippen LogP contribution in [0.5, 0.6) is 5.75 Å². The number of rotatable bonds is 4. The molecule has 2 aromatic heterocycles. The number of aromatic nitrogens is 3. The summed E-state index contributed by atoms with van der Waals surface area (Å²) < 4.78 is 6.60. The van der Waals surface area contributed by atoms with Crippen LogP contribution < -0.4 is 10.3 Å². The molecule has 3 aromatic rings. The lowest BCUT2D eigenvalue weighted by Crippen LogP contribution is -2.09. The van der Waals surface area contributed by atoms with Crippen molar-refractivity contribution < 1.29 is 14.6 Å². The van der Waals surface area contributed by atoms with E-state index < -0.39 is 5.97 Å². The second kappa shape index (κ2) is 5.60. The van der Waals surface area contributed by atoms with E-state index in [0.29, 0.717) is 23.1 Å². The van der Waals surface area contributed by atoms with Gasteiger partial charge in [0.15, 0.2) is 5.69 Å². The van der Waals surface area contributed by atoms with Crippen LogP contribution in [0.2, 0.25) is 0 Å². The SMILES string of the molecule is COc1ccc(Cn2nc(C(=O)O)c3c(C)cc(=O)[nH]c32)cc1. The average Bonchev–Trinajstić information content (AvgIpc) is 2.87. The first kappa shape index (κ1) is 14.8. The van der Waals surface area contributed by atoms with Gasteiger partial charge in [0.25, 0.3) is 0 Å². The summed E-state index contributed by atoms with van der Waals surface area (Å²) in [4.78, 5) is 25.8. The van der Waals surface area contributed by atoms with Crippen LogP contribution in [-0.4, -0.2) is 33.0 Å². The van der Waals surface area contributed by atoms with Crippen molar-refractivity contribution in [3.05, 3.63) is 57.5 Å². The van der Waals surface area contributed by atoms with E-state index in [1.165, 1.54) is 10.7 Å². The van der Waals surface area contributed by atoms with E-state index in [2.05, 4.69) is 10.1 Å². The number of aromatic amines is 1. The minimum Gasteiger partial charge on any atom is -0.497 e. The van der Waals surface area contributed by atoms with Gasteiger partial charge in [-0.1, -0.05) is 12.1 Å². The molecule has 23 heavy (non-hydrogen) atoms. The smallest absolute Gasteiger partial charge is 0.357 e. The maximum atomic E-state index is 11.7. The van der Waals surface area contributed by atoms with Gasteiger partial charge >= 0.3 is 5.97 Å². The molecule has 0 spiro atoms. The van der Waals surface area contributed by atoms with Crippen molar-refractivity contribution in [3.8, 4) is 5.75 Å². The topological polar surface area (TPSA) is 97.2 Å². The molecule has 0 bridgehead atoms. The Morgan fingerprint density at radius 1 is 1.35 bits per heavy atom. The highest BCUT2D eigenvalue weighted by Crippen LogP contribution is 2.21. The molecule has 0 aliphatic heterocycles.